The van der Waals surface area contributed by atoms with Crippen molar-refractivity contribution in [2.45, 2.75) is 19.8 Å². The Balaban J connectivity index is 2.12. The van der Waals surface area contributed by atoms with Crippen LogP contribution < -0.4 is 4.90 Å². The summed E-state index contributed by atoms with van der Waals surface area (Å²) < 4.78 is 0. The summed E-state index contributed by atoms with van der Waals surface area (Å²) in [7, 11) is 4.05. The van der Waals surface area contributed by atoms with Gasteiger partial charge >= 0.3 is 0 Å². The number of aryl methyl sites for hydroxylation is 1. The van der Waals surface area contributed by atoms with E-state index in [0.717, 1.165) is 27.9 Å². The molecule has 1 atom stereocenters. The van der Waals surface area contributed by atoms with Gasteiger partial charge in [0.2, 0.25) is 0 Å². The Labute approximate surface area is 160 Å². The molecular weight excluding hydrogens is 334 g/mol. The highest BCUT2D eigenvalue weighted by atomic mass is 16.4. The van der Waals surface area contributed by atoms with Gasteiger partial charge in [0.05, 0.1) is 11.6 Å². The molecule has 0 bridgehead atoms. The van der Waals surface area contributed by atoms with Crippen LogP contribution in [0.2, 0.25) is 0 Å². The molecule has 1 heterocycles. The van der Waals surface area contributed by atoms with Crippen LogP contribution in [-0.2, 0) is 0 Å². The zero-order valence-corrected chi connectivity index (χ0v) is 16.2. The normalized spacial score (nSPS) is 12.7. The Morgan fingerprint density at radius 3 is 2.26 bits per heavy atom. The molecule has 1 N–H and O–H groups in total. The van der Waals surface area contributed by atoms with Gasteiger partial charge in [0.15, 0.2) is 0 Å². The number of oxime groups is 1. The van der Waals surface area contributed by atoms with Crippen LogP contribution in [0.3, 0.4) is 0 Å². The number of rotatable bonds is 5. The van der Waals surface area contributed by atoms with Crippen LogP contribution in [0, 0.1) is 6.92 Å². The molecule has 4 nitrogen and oxygen atoms in total. The molecule has 1 aromatic heterocycles. The quantitative estimate of drug-likeness (QED) is 0.391. The molecule has 0 aliphatic rings. The minimum absolute atomic E-state index is 0.137. The Kier molecular flexibility index (Phi) is 5.55. The van der Waals surface area contributed by atoms with Crippen molar-refractivity contribution in [2.24, 2.45) is 5.16 Å². The van der Waals surface area contributed by atoms with Crippen molar-refractivity contribution in [1.29, 1.82) is 0 Å². The first-order valence-corrected chi connectivity index (χ1v) is 8.98. The Morgan fingerprint density at radius 2 is 1.67 bits per heavy atom. The highest BCUT2D eigenvalue weighted by molar-refractivity contribution is 5.93. The first kappa shape index (κ1) is 18.6. The molecule has 0 saturated carbocycles. The van der Waals surface area contributed by atoms with E-state index in [1.54, 1.807) is 6.20 Å². The van der Waals surface area contributed by atoms with Crippen LogP contribution in [0.1, 0.15) is 29.5 Å². The first-order chi connectivity index (χ1) is 13.0. The smallest absolute Gasteiger partial charge is 0.0658 e. The van der Waals surface area contributed by atoms with Gasteiger partial charge in [-0.2, -0.15) is 0 Å². The second-order valence-electron chi connectivity index (χ2n) is 6.99. The molecule has 0 aliphatic heterocycles. The van der Waals surface area contributed by atoms with Gasteiger partial charge in [-0.1, -0.05) is 47.1 Å². The molecular formula is C23H25N3O. The molecule has 3 rings (SSSR count). The largest absolute Gasteiger partial charge is 0.411 e. The number of hydrogen-bond acceptors (Lipinski definition) is 4. The Bertz CT molecular complexity index is 929. The first-order valence-electron chi connectivity index (χ1n) is 8.98. The van der Waals surface area contributed by atoms with Gasteiger partial charge in [-0.15, -0.1) is 0 Å². The van der Waals surface area contributed by atoms with E-state index in [9.17, 15) is 5.21 Å². The predicted octanol–water partition coefficient (Wildman–Crippen LogP) is 5.11. The van der Waals surface area contributed by atoms with Gasteiger partial charge in [-0.25, -0.2) is 0 Å². The summed E-state index contributed by atoms with van der Waals surface area (Å²) in [5.41, 5.74) is 7.28. The molecule has 0 aliphatic carbocycles. The molecule has 1 unspecified atom stereocenters. The summed E-state index contributed by atoms with van der Waals surface area (Å²) in [5, 5.41) is 13.0. The topological polar surface area (TPSA) is 48.7 Å². The second-order valence-corrected chi connectivity index (χ2v) is 6.99. The SMILES string of the molecule is C/C(=N/O)C(c1ccc(C)cc1)c1ccncc1-c1ccc(N(C)C)cc1. The van der Waals surface area contributed by atoms with E-state index < -0.39 is 0 Å². The van der Waals surface area contributed by atoms with E-state index in [4.69, 9.17) is 0 Å². The Hall–Kier alpha value is -3.14. The van der Waals surface area contributed by atoms with Crippen LogP contribution in [0.4, 0.5) is 5.69 Å². The maximum Gasteiger partial charge on any atom is 0.0658 e. The fraction of sp³-hybridized carbons (Fsp3) is 0.217. The highest BCUT2D eigenvalue weighted by Crippen LogP contribution is 2.34. The van der Waals surface area contributed by atoms with Crippen molar-refractivity contribution in [1.82, 2.24) is 4.98 Å². The lowest BCUT2D eigenvalue weighted by molar-refractivity contribution is 0.317. The number of nitrogens with zero attached hydrogens (tertiary/aromatic N) is 3. The van der Waals surface area contributed by atoms with Crippen LogP contribution in [0.15, 0.2) is 72.1 Å². The van der Waals surface area contributed by atoms with Crippen molar-refractivity contribution in [3.8, 4) is 11.1 Å². The average Bonchev–Trinajstić information content (AvgIpc) is 2.70. The van der Waals surface area contributed by atoms with E-state index in [1.807, 2.05) is 33.3 Å². The number of pyridine rings is 1. The molecule has 0 spiro atoms. The van der Waals surface area contributed by atoms with E-state index in [2.05, 4.69) is 70.5 Å². The van der Waals surface area contributed by atoms with Crippen molar-refractivity contribution in [3.63, 3.8) is 0 Å². The molecule has 0 amide bonds. The second kappa shape index (κ2) is 8.04. The van der Waals surface area contributed by atoms with Crippen LogP contribution in [0.25, 0.3) is 11.1 Å². The molecule has 2 aromatic carbocycles. The van der Waals surface area contributed by atoms with Gasteiger partial charge in [0, 0.05) is 37.7 Å². The molecule has 4 heteroatoms. The fourth-order valence-corrected chi connectivity index (χ4v) is 3.30. The van der Waals surface area contributed by atoms with E-state index >= 15 is 0 Å². The number of aromatic nitrogens is 1. The zero-order chi connectivity index (χ0) is 19.4. The van der Waals surface area contributed by atoms with Gasteiger partial charge in [-0.3, -0.25) is 4.98 Å². The summed E-state index contributed by atoms with van der Waals surface area (Å²) in [6.07, 6.45) is 3.67. The maximum atomic E-state index is 9.51. The summed E-state index contributed by atoms with van der Waals surface area (Å²) in [4.78, 5) is 6.42. The summed E-state index contributed by atoms with van der Waals surface area (Å²) >= 11 is 0. The summed E-state index contributed by atoms with van der Waals surface area (Å²) in [6, 6.07) is 18.8. The van der Waals surface area contributed by atoms with Crippen molar-refractivity contribution < 1.29 is 5.21 Å². The zero-order valence-electron chi connectivity index (χ0n) is 16.2. The fourth-order valence-electron chi connectivity index (χ4n) is 3.30. The van der Waals surface area contributed by atoms with Gasteiger partial charge in [0.25, 0.3) is 0 Å². The monoisotopic (exact) mass is 359 g/mol. The third-order valence-electron chi connectivity index (χ3n) is 4.85. The minimum atomic E-state index is -0.137. The molecule has 3 aromatic rings. The number of anilines is 1. The van der Waals surface area contributed by atoms with E-state index in [-0.39, 0.29) is 5.92 Å². The number of hydrogen-bond donors (Lipinski definition) is 1. The standard InChI is InChI=1S/C23H25N3O/c1-16-5-7-19(8-6-16)23(17(2)25-27)21-13-14-24-15-22(21)18-9-11-20(12-10-18)26(3)4/h5-15,23,27H,1-4H3/b25-17-. The molecule has 138 valence electrons. The summed E-state index contributed by atoms with van der Waals surface area (Å²) in [6.45, 7) is 3.92. The lowest BCUT2D eigenvalue weighted by Gasteiger charge is -2.21. The van der Waals surface area contributed by atoms with Crippen molar-refractivity contribution in [2.75, 3.05) is 19.0 Å². The Morgan fingerprint density at radius 1 is 1.00 bits per heavy atom. The van der Waals surface area contributed by atoms with E-state index in [0.29, 0.717) is 5.71 Å². The van der Waals surface area contributed by atoms with Gasteiger partial charge in [-0.05, 0) is 48.7 Å². The van der Waals surface area contributed by atoms with Crippen LogP contribution in [0.5, 0.6) is 0 Å². The average molecular weight is 359 g/mol. The van der Waals surface area contributed by atoms with Crippen molar-refractivity contribution >= 4 is 11.4 Å². The molecule has 27 heavy (non-hydrogen) atoms. The van der Waals surface area contributed by atoms with Gasteiger partial charge < -0.3 is 10.1 Å². The summed E-state index contributed by atoms with van der Waals surface area (Å²) in [5.74, 6) is -0.137. The third kappa shape index (κ3) is 4.00. The van der Waals surface area contributed by atoms with E-state index in [1.165, 1.54) is 5.56 Å². The van der Waals surface area contributed by atoms with Crippen molar-refractivity contribution in [3.05, 3.63) is 83.7 Å². The maximum absolute atomic E-state index is 9.51. The predicted molar refractivity (Wildman–Crippen MR) is 112 cm³/mol. The number of benzene rings is 2. The lowest BCUT2D eigenvalue weighted by atomic mass is 9.84. The third-order valence-corrected chi connectivity index (χ3v) is 4.85. The lowest BCUT2D eigenvalue weighted by Crippen LogP contribution is -2.13. The highest BCUT2D eigenvalue weighted by Gasteiger charge is 2.22. The van der Waals surface area contributed by atoms with Gasteiger partial charge in [0.1, 0.15) is 0 Å². The minimum Gasteiger partial charge on any atom is -0.411 e. The van der Waals surface area contributed by atoms with Crippen LogP contribution in [-0.4, -0.2) is 30.0 Å². The molecule has 0 saturated heterocycles. The van der Waals surface area contributed by atoms with Crippen LogP contribution >= 0.6 is 0 Å². The molecule has 0 fully saturated rings. The molecule has 0 radical (unpaired) electrons.